The second kappa shape index (κ2) is 6.37. The second-order valence-corrected chi connectivity index (χ2v) is 2.70. The van der Waals surface area contributed by atoms with Crippen molar-refractivity contribution in [2.75, 3.05) is 13.2 Å². The fourth-order valence-electron chi connectivity index (χ4n) is 0.674. The fraction of sp³-hybridized carbons (Fsp3) is 0.857. The van der Waals surface area contributed by atoms with Gasteiger partial charge in [-0.05, 0) is 25.6 Å². The molecular weight excluding hydrogens is 160 g/mol. The minimum Gasteiger partial charge on any atom is -0.394 e. The first kappa shape index (κ1) is 10.7. The summed E-state index contributed by atoms with van der Waals surface area (Å²) in [5.74, 6) is 0. The molecule has 4 heteroatoms. The quantitative estimate of drug-likeness (QED) is 0.537. The van der Waals surface area contributed by atoms with E-state index in [1.54, 1.807) is 0 Å². The summed E-state index contributed by atoms with van der Waals surface area (Å²) >= 11 is 4.93. The van der Waals surface area contributed by atoms with Crippen LogP contribution in [0, 0.1) is 0 Å². The summed E-state index contributed by atoms with van der Waals surface area (Å²) in [6, 6.07) is 0.0848. The van der Waals surface area contributed by atoms with Crippen LogP contribution in [0.15, 0.2) is 0 Å². The second-order valence-electron chi connectivity index (χ2n) is 2.29. The molecule has 0 amide bonds. The molecule has 0 saturated carbocycles. The largest absolute Gasteiger partial charge is 0.394 e. The van der Waals surface area contributed by atoms with Gasteiger partial charge in [-0.1, -0.05) is 6.92 Å². The Morgan fingerprint density at radius 1 is 1.55 bits per heavy atom. The SMILES string of the molecule is CCNC(=S)NC(CC)CO. The van der Waals surface area contributed by atoms with Gasteiger partial charge in [0.05, 0.1) is 12.6 Å². The molecule has 0 bridgehead atoms. The van der Waals surface area contributed by atoms with Gasteiger partial charge >= 0.3 is 0 Å². The van der Waals surface area contributed by atoms with E-state index in [2.05, 4.69) is 10.6 Å². The molecule has 0 aliphatic rings. The average molecular weight is 176 g/mol. The van der Waals surface area contributed by atoms with Crippen LogP contribution in [-0.2, 0) is 0 Å². The van der Waals surface area contributed by atoms with Crippen molar-refractivity contribution in [1.82, 2.24) is 10.6 Å². The molecule has 11 heavy (non-hydrogen) atoms. The molecule has 0 aromatic carbocycles. The van der Waals surface area contributed by atoms with E-state index in [1.807, 2.05) is 13.8 Å². The predicted molar refractivity (Wildman–Crippen MR) is 50.6 cm³/mol. The van der Waals surface area contributed by atoms with Crippen molar-refractivity contribution in [3.8, 4) is 0 Å². The highest BCUT2D eigenvalue weighted by atomic mass is 32.1. The van der Waals surface area contributed by atoms with E-state index >= 15 is 0 Å². The summed E-state index contributed by atoms with van der Waals surface area (Å²) in [4.78, 5) is 0. The van der Waals surface area contributed by atoms with E-state index in [9.17, 15) is 0 Å². The number of aliphatic hydroxyl groups excluding tert-OH is 1. The summed E-state index contributed by atoms with van der Waals surface area (Å²) in [6.45, 7) is 4.92. The van der Waals surface area contributed by atoms with Crippen molar-refractivity contribution < 1.29 is 5.11 Å². The number of thiocarbonyl (C=S) groups is 1. The Bertz CT molecular complexity index is 115. The van der Waals surface area contributed by atoms with Crippen LogP contribution in [0.1, 0.15) is 20.3 Å². The molecule has 0 aliphatic heterocycles. The van der Waals surface area contributed by atoms with E-state index in [-0.39, 0.29) is 12.6 Å². The van der Waals surface area contributed by atoms with E-state index in [1.165, 1.54) is 0 Å². The summed E-state index contributed by atoms with van der Waals surface area (Å²) in [7, 11) is 0. The third kappa shape index (κ3) is 4.98. The maximum Gasteiger partial charge on any atom is 0.166 e. The van der Waals surface area contributed by atoms with Gasteiger partial charge in [0.2, 0.25) is 0 Å². The molecule has 1 unspecified atom stereocenters. The molecule has 0 aliphatic carbocycles. The normalized spacial score (nSPS) is 12.3. The lowest BCUT2D eigenvalue weighted by Gasteiger charge is -2.16. The van der Waals surface area contributed by atoms with Crippen molar-refractivity contribution in [3.05, 3.63) is 0 Å². The third-order valence-electron chi connectivity index (χ3n) is 1.39. The molecular formula is C7H16N2OS. The molecule has 0 spiro atoms. The molecule has 0 fully saturated rings. The van der Waals surface area contributed by atoms with Crippen LogP contribution in [0.25, 0.3) is 0 Å². The molecule has 0 rings (SSSR count). The number of rotatable bonds is 4. The number of nitrogens with one attached hydrogen (secondary N) is 2. The topological polar surface area (TPSA) is 44.3 Å². The third-order valence-corrected chi connectivity index (χ3v) is 1.65. The minimum atomic E-state index is 0.0848. The maximum absolute atomic E-state index is 8.79. The molecule has 66 valence electrons. The van der Waals surface area contributed by atoms with Crippen molar-refractivity contribution in [2.24, 2.45) is 0 Å². The fourth-order valence-corrected chi connectivity index (χ4v) is 0.985. The highest BCUT2D eigenvalue weighted by molar-refractivity contribution is 7.80. The predicted octanol–water partition coefficient (Wildman–Crippen LogP) is 0.241. The Morgan fingerprint density at radius 2 is 2.18 bits per heavy atom. The Labute approximate surface area is 73.2 Å². The summed E-state index contributed by atoms with van der Waals surface area (Å²) in [5, 5.41) is 15.4. The zero-order chi connectivity index (χ0) is 8.69. The van der Waals surface area contributed by atoms with Gasteiger partial charge in [0.1, 0.15) is 0 Å². The molecule has 3 nitrogen and oxygen atoms in total. The first-order valence-corrected chi connectivity index (χ1v) is 4.30. The molecule has 0 radical (unpaired) electrons. The van der Waals surface area contributed by atoms with Gasteiger partial charge in [0.25, 0.3) is 0 Å². The van der Waals surface area contributed by atoms with Gasteiger partial charge in [0.15, 0.2) is 5.11 Å². The van der Waals surface area contributed by atoms with Crippen LogP contribution < -0.4 is 10.6 Å². The number of hydrogen-bond donors (Lipinski definition) is 3. The van der Waals surface area contributed by atoms with Gasteiger partial charge in [-0.15, -0.1) is 0 Å². The van der Waals surface area contributed by atoms with Crippen LogP contribution in [0.4, 0.5) is 0 Å². The smallest absolute Gasteiger partial charge is 0.166 e. The lowest BCUT2D eigenvalue weighted by Crippen LogP contribution is -2.43. The van der Waals surface area contributed by atoms with E-state index in [0.717, 1.165) is 13.0 Å². The Hall–Kier alpha value is -0.350. The summed E-state index contributed by atoms with van der Waals surface area (Å²) in [5.41, 5.74) is 0. The van der Waals surface area contributed by atoms with Gasteiger partial charge in [-0.25, -0.2) is 0 Å². The highest BCUT2D eigenvalue weighted by Gasteiger charge is 2.03. The van der Waals surface area contributed by atoms with Gasteiger partial charge in [0, 0.05) is 6.54 Å². The van der Waals surface area contributed by atoms with Gasteiger partial charge in [-0.3, -0.25) is 0 Å². The average Bonchev–Trinajstić information content (AvgIpc) is 2.01. The highest BCUT2D eigenvalue weighted by Crippen LogP contribution is 1.87. The van der Waals surface area contributed by atoms with E-state index < -0.39 is 0 Å². The van der Waals surface area contributed by atoms with Crippen LogP contribution in [0.5, 0.6) is 0 Å². The molecule has 1 atom stereocenters. The Kier molecular flexibility index (Phi) is 6.16. The zero-order valence-corrected chi connectivity index (χ0v) is 7.87. The van der Waals surface area contributed by atoms with Gasteiger partial charge < -0.3 is 15.7 Å². The Balaban J connectivity index is 3.54. The van der Waals surface area contributed by atoms with Crippen molar-refractivity contribution in [3.63, 3.8) is 0 Å². The lowest BCUT2D eigenvalue weighted by atomic mass is 10.2. The molecule has 3 N–H and O–H groups in total. The first-order chi connectivity index (χ1) is 5.24. The lowest BCUT2D eigenvalue weighted by molar-refractivity contribution is 0.252. The standard InChI is InChI=1S/C7H16N2OS/c1-3-6(5-10)9-7(11)8-4-2/h6,10H,3-5H2,1-2H3,(H2,8,9,11). The van der Waals surface area contributed by atoms with Crippen molar-refractivity contribution >= 4 is 17.3 Å². The zero-order valence-electron chi connectivity index (χ0n) is 7.05. The Morgan fingerprint density at radius 3 is 2.55 bits per heavy atom. The first-order valence-electron chi connectivity index (χ1n) is 3.89. The number of aliphatic hydroxyl groups is 1. The molecule has 0 saturated heterocycles. The monoisotopic (exact) mass is 176 g/mol. The van der Waals surface area contributed by atoms with E-state index in [0.29, 0.717) is 5.11 Å². The maximum atomic E-state index is 8.79. The van der Waals surface area contributed by atoms with Crippen LogP contribution in [-0.4, -0.2) is 29.4 Å². The van der Waals surface area contributed by atoms with E-state index in [4.69, 9.17) is 17.3 Å². The van der Waals surface area contributed by atoms with Crippen LogP contribution in [0.2, 0.25) is 0 Å². The number of hydrogen-bond acceptors (Lipinski definition) is 2. The molecule has 0 aromatic heterocycles. The minimum absolute atomic E-state index is 0.0848. The van der Waals surface area contributed by atoms with Crippen molar-refractivity contribution in [2.45, 2.75) is 26.3 Å². The van der Waals surface area contributed by atoms with Gasteiger partial charge in [-0.2, -0.15) is 0 Å². The van der Waals surface area contributed by atoms with Crippen LogP contribution >= 0.6 is 12.2 Å². The summed E-state index contributed by atoms with van der Waals surface area (Å²) < 4.78 is 0. The molecule has 0 aromatic rings. The van der Waals surface area contributed by atoms with Crippen LogP contribution in [0.3, 0.4) is 0 Å². The van der Waals surface area contributed by atoms with Crippen molar-refractivity contribution in [1.29, 1.82) is 0 Å². The summed E-state index contributed by atoms with van der Waals surface area (Å²) in [6.07, 6.45) is 0.877. The molecule has 0 heterocycles.